The van der Waals surface area contributed by atoms with E-state index in [1.54, 1.807) is 0 Å². The summed E-state index contributed by atoms with van der Waals surface area (Å²) in [5, 5.41) is 0. The minimum atomic E-state index is 0.347. The monoisotopic (exact) mass is 140 g/mol. The summed E-state index contributed by atoms with van der Waals surface area (Å²) in [5.74, 6) is 0.833. The summed E-state index contributed by atoms with van der Waals surface area (Å²) < 4.78 is 0. The first kappa shape index (κ1) is 7.77. The van der Waals surface area contributed by atoms with Crippen LogP contribution in [0.1, 0.15) is 45.4 Å². The van der Waals surface area contributed by atoms with Crippen molar-refractivity contribution in [3.63, 3.8) is 0 Å². The van der Waals surface area contributed by atoms with Gasteiger partial charge >= 0.3 is 0 Å². The highest BCUT2D eigenvalue weighted by molar-refractivity contribution is 5.80. The number of carbonyl (C=O) groups is 1. The van der Waals surface area contributed by atoms with Crippen LogP contribution in [-0.2, 0) is 4.79 Å². The molecule has 1 fully saturated rings. The summed E-state index contributed by atoms with van der Waals surface area (Å²) >= 11 is 0. The molecule has 0 saturated heterocycles. The first-order valence-corrected chi connectivity index (χ1v) is 4.33. The molecule has 0 aromatic heterocycles. The lowest BCUT2D eigenvalue weighted by Crippen LogP contribution is -2.12. The average Bonchev–Trinajstić information content (AvgIpc) is 1.92. The Morgan fingerprint density at radius 1 is 1.20 bits per heavy atom. The maximum atomic E-state index is 11.2. The maximum Gasteiger partial charge on any atom is 0.135 e. The zero-order chi connectivity index (χ0) is 7.40. The van der Waals surface area contributed by atoms with E-state index in [0.29, 0.717) is 11.7 Å². The standard InChI is InChI=1S/C9H16O/c1-8-6-4-2-3-5-7-9(8)10/h8H,2-7H2,1H3/t8-/m0/s1. The van der Waals surface area contributed by atoms with Crippen LogP contribution in [0.2, 0.25) is 0 Å². The molecule has 0 spiro atoms. The number of rotatable bonds is 0. The molecule has 1 atom stereocenters. The number of carbonyl (C=O) groups excluding carboxylic acids is 1. The molecule has 1 saturated carbocycles. The highest BCUT2D eigenvalue weighted by atomic mass is 16.1. The molecule has 0 N–H and O–H groups in total. The predicted octanol–water partition coefficient (Wildman–Crippen LogP) is 2.55. The van der Waals surface area contributed by atoms with Crippen LogP contribution in [0.3, 0.4) is 0 Å². The smallest absolute Gasteiger partial charge is 0.135 e. The molecule has 1 aliphatic rings. The molecular formula is C9H16O. The highest BCUT2D eigenvalue weighted by Crippen LogP contribution is 2.18. The highest BCUT2D eigenvalue weighted by Gasteiger charge is 2.13. The summed E-state index contributed by atoms with van der Waals surface area (Å²) in [4.78, 5) is 11.2. The fraction of sp³-hybridized carbons (Fsp3) is 0.889. The lowest BCUT2D eigenvalue weighted by atomic mass is 9.92. The van der Waals surface area contributed by atoms with Gasteiger partial charge in [-0.25, -0.2) is 0 Å². The number of hydrogen-bond donors (Lipinski definition) is 0. The van der Waals surface area contributed by atoms with Gasteiger partial charge in [-0.3, -0.25) is 4.79 Å². The number of hydrogen-bond acceptors (Lipinski definition) is 1. The third kappa shape index (κ3) is 2.13. The van der Waals surface area contributed by atoms with Crippen molar-refractivity contribution in [2.75, 3.05) is 0 Å². The summed E-state index contributed by atoms with van der Waals surface area (Å²) in [5.41, 5.74) is 0. The quantitative estimate of drug-likeness (QED) is 0.505. The average molecular weight is 140 g/mol. The number of Topliss-reactive ketones (excluding diaryl/α,β-unsaturated/α-hetero) is 1. The van der Waals surface area contributed by atoms with E-state index in [0.717, 1.165) is 19.3 Å². The fourth-order valence-corrected chi connectivity index (χ4v) is 1.51. The Hall–Kier alpha value is -0.330. The summed E-state index contributed by atoms with van der Waals surface area (Å²) in [7, 11) is 0. The van der Waals surface area contributed by atoms with Gasteiger partial charge < -0.3 is 0 Å². The van der Waals surface area contributed by atoms with Crippen LogP contribution in [0, 0.1) is 5.92 Å². The van der Waals surface area contributed by atoms with Crippen molar-refractivity contribution in [3.8, 4) is 0 Å². The Balaban J connectivity index is 2.35. The number of ketones is 1. The van der Waals surface area contributed by atoms with E-state index < -0.39 is 0 Å². The van der Waals surface area contributed by atoms with Gasteiger partial charge in [0, 0.05) is 12.3 Å². The third-order valence-electron chi connectivity index (χ3n) is 2.36. The molecule has 0 aromatic carbocycles. The van der Waals surface area contributed by atoms with Crippen LogP contribution in [0.15, 0.2) is 0 Å². The minimum Gasteiger partial charge on any atom is -0.299 e. The van der Waals surface area contributed by atoms with E-state index in [1.165, 1.54) is 19.3 Å². The third-order valence-corrected chi connectivity index (χ3v) is 2.36. The molecule has 0 bridgehead atoms. The molecule has 0 aromatic rings. The molecule has 58 valence electrons. The van der Waals surface area contributed by atoms with Gasteiger partial charge in [-0.05, 0) is 12.8 Å². The summed E-state index contributed by atoms with van der Waals surface area (Å²) in [6.45, 7) is 2.06. The molecule has 0 heterocycles. The molecule has 0 amide bonds. The van der Waals surface area contributed by atoms with E-state index >= 15 is 0 Å². The van der Waals surface area contributed by atoms with Crippen LogP contribution < -0.4 is 0 Å². The van der Waals surface area contributed by atoms with Crippen molar-refractivity contribution in [2.45, 2.75) is 45.4 Å². The second-order valence-corrected chi connectivity index (χ2v) is 3.32. The van der Waals surface area contributed by atoms with E-state index in [-0.39, 0.29) is 0 Å². The fourth-order valence-electron chi connectivity index (χ4n) is 1.51. The van der Waals surface area contributed by atoms with Gasteiger partial charge in [0.1, 0.15) is 5.78 Å². The topological polar surface area (TPSA) is 17.1 Å². The second kappa shape index (κ2) is 3.75. The van der Waals surface area contributed by atoms with Gasteiger partial charge in [0.25, 0.3) is 0 Å². The van der Waals surface area contributed by atoms with Crippen LogP contribution in [-0.4, -0.2) is 5.78 Å². The zero-order valence-corrected chi connectivity index (χ0v) is 6.73. The van der Waals surface area contributed by atoms with E-state index in [2.05, 4.69) is 6.92 Å². The van der Waals surface area contributed by atoms with Crippen LogP contribution in [0.5, 0.6) is 0 Å². The zero-order valence-electron chi connectivity index (χ0n) is 6.73. The lowest BCUT2D eigenvalue weighted by Gasteiger charge is -2.13. The molecule has 1 rings (SSSR count). The molecule has 0 aliphatic heterocycles. The summed E-state index contributed by atoms with van der Waals surface area (Å²) in [6, 6.07) is 0. The predicted molar refractivity (Wildman–Crippen MR) is 41.9 cm³/mol. The van der Waals surface area contributed by atoms with Gasteiger partial charge in [-0.15, -0.1) is 0 Å². The van der Waals surface area contributed by atoms with Crippen LogP contribution in [0.4, 0.5) is 0 Å². The molecule has 0 radical (unpaired) electrons. The summed E-state index contributed by atoms with van der Waals surface area (Å²) in [6.07, 6.45) is 6.94. The van der Waals surface area contributed by atoms with Gasteiger partial charge in [0.05, 0.1) is 0 Å². The molecular weight excluding hydrogens is 124 g/mol. The Morgan fingerprint density at radius 2 is 1.90 bits per heavy atom. The van der Waals surface area contributed by atoms with Crippen molar-refractivity contribution in [3.05, 3.63) is 0 Å². The maximum absolute atomic E-state index is 11.2. The molecule has 1 heteroatoms. The molecule has 1 aliphatic carbocycles. The van der Waals surface area contributed by atoms with Gasteiger partial charge in [-0.1, -0.05) is 26.2 Å². The minimum absolute atomic E-state index is 0.347. The van der Waals surface area contributed by atoms with Gasteiger partial charge in [0.2, 0.25) is 0 Å². The lowest BCUT2D eigenvalue weighted by molar-refractivity contribution is -0.123. The van der Waals surface area contributed by atoms with Gasteiger partial charge in [0.15, 0.2) is 0 Å². The first-order chi connectivity index (χ1) is 4.80. The molecule has 1 nitrogen and oxygen atoms in total. The van der Waals surface area contributed by atoms with E-state index in [4.69, 9.17) is 0 Å². The Bertz CT molecular complexity index is 118. The SMILES string of the molecule is C[C@H]1CCCCCCC1=O. The van der Waals surface area contributed by atoms with Gasteiger partial charge in [-0.2, -0.15) is 0 Å². The largest absolute Gasteiger partial charge is 0.299 e. The van der Waals surface area contributed by atoms with E-state index in [9.17, 15) is 4.79 Å². The van der Waals surface area contributed by atoms with Crippen molar-refractivity contribution in [1.82, 2.24) is 0 Å². The Kier molecular flexibility index (Phi) is 2.91. The van der Waals surface area contributed by atoms with Crippen molar-refractivity contribution in [1.29, 1.82) is 0 Å². The Morgan fingerprint density at radius 3 is 2.70 bits per heavy atom. The van der Waals surface area contributed by atoms with Crippen LogP contribution in [0.25, 0.3) is 0 Å². The van der Waals surface area contributed by atoms with Crippen molar-refractivity contribution in [2.24, 2.45) is 5.92 Å². The molecule has 10 heavy (non-hydrogen) atoms. The Labute approximate surface area is 62.8 Å². The van der Waals surface area contributed by atoms with Crippen molar-refractivity contribution >= 4 is 5.78 Å². The second-order valence-electron chi connectivity index (χ2n) is 3.32. The first-order valence-electron chi connectivity index (χ1n) is 4.33. The van der Waals surface area contributed by atoms with Crippen LogP contribution >= 0.6 is 0 Å². The van der Waals surface area contributed by atoms with Crippen molar-refractivity contribution < 1.29 is 4.79 Å². The van der Waals surface area contributed by atoms with E-state index in [1.807, 2.05) is 0 Å². The molecule has 0 unspecified atom stereocenters. The normalized spacial score (nSPS) is 29.3.